The molecule has 24 heavy (non-hydrogen) atoms. The molecule has 1 unspecified atom stereocenters. The lowest BCUT2D eigenvalue weighted by atomic mass is 10.0. The van der Waals surface area contributed by atoms with Gasteiger partial charge in [0, 0.05) is 15.7 Å². The summed E-state index contributed by atoms with van der Waals surface area (Å²) in [5.74, 6) is 0.432. The van der Waals surface area contributed by atoms with Crippen molar-refractivity contribution in [1.82, 2.24) is 10.6 Å². The smallest absolute Gasteiger partial charge is 0.239 e. The second kappa shape index (κ2) is 9.51. The maximum Gasteiger partial charge on any atom is 0.239 e. The van der Waals surface area contributed by atoms with Crippen molar-refractivity contribution in [3.63, 3.8) is 0 Å². The first-order valence-electron chi connectivity index (χ1n) is 7.63. The van der Waals surface area contributed by atoms with Gasteiger partial charge in [-0.2, -0.15) is 0 Å². The first-order chi connectivity index (χ1) is 10.9. The molecule has 0 radical (unpaired) electrons. The van der Waals surface area contributed by atoms with Gasteiger partial charge in [-0.05, 0) is 36.1 Å². The molecule has 0 aromatic heterocycles. The van der Waals surface area contributed by atoms with Gasteiger partial charge in [0.1, 0.15) is 0 Å². The zero-order valence-corrected chi connectivity index (χ0v) is 16.1. The summed E-state index contributed by atoms with van der Waals surface area (Å²) in [4.78, 5) is 25.0. The molecule has 1 aliphatic heterocycles. The topological polar surface area (TPSA) is 84.2 Å². The van der Waals surface area contributed by atoms with Gasteiger partial charge in [0.2, 0.25) is 11.8 Å². The van der Waals surface area contributed by atoms with E-state index in [0.29, 0.717) is 5.02 Å². The van der Waals surface area contributed by atoms with Crippen LogP contribution in [0.2, 0.25) is 5.02 Å². The van der Waals surface area contributed by atoms with E-state index < -0.39 is 6.04 Å². The van der Waals surface area contributed by atoms with Crippen LogP contribution in [0, 0.1) is 5.92 Å². The summed E-state index contributed by atoms with van der Waals surface area (Å²) in [5, 5.41) is 6.19. The third-order valence-electron chi connectivity index (χ3n) is 3.79. The summed E-state index contributed by atoms with van der Waals surface area (Å²) in [7, 11) is 0. The van der Waals surface area contributed by atoms with Crippen molar-refractivity contribution in [2.75, 3.05) is 12.3 Å². The minimum Gasteiger partial charge on any atom is -0.348 e. The number of hydrogen-bond acceptors (Lipinski definition) is 4. The minimum absolute atomic E-state index is 0. The number of nitrogens with two attached hydrogens (primary N) is 1. The lowest BCUT2D eigenvalue weighted by Crippen LogP contribution is -2.47. The SMILES string of the molecule is CC(C)[C@H](N)C(=O)NCC(=O)NC1CCSc2ccc(Cl)cc21.Cl. The Morgan fingerprint density at radius 1 is 1.42 bits per heavy atom. The average molecular weight is 392 g/mol. The Balaban J connectivity index is 0.00000288. The first-order valence-corrected chi connectivity index (χ1v) is 8.99. The highest BCUT2D eigenvalue weighted by Crippen LogP contribution is 2.37. The predicted molar refractivity (Wildman–Crippen MR) is 101 cm³/mol. The van der Waals surface area contributed by atoms with E-state index in [2.05, 4.69) is 10.6 Å². The Hall–Kier alpha value is -0.950. The Bertz CT molecular complexity index is 599. The van der Waals surface area contributed by atoms with Crippen LogP contribution in [0.5, 0.6) is 0 Å². The first kappa shape index (κ1) is 21.1. The van der Waals surface area contributed by atoms with Crippen molar-refractivity contribution in [2.45, 2.75) is 37.2 Å². The fourth-order valence-corrected chi connectivity index (χ4v) is 3.63. The van der Waals surface area contributed by atoms with Crippen LogP contribution in [-0.2, 0) is 9.59 Å². The van der Waals surface area contributed by atoms with Crippen molar-refractivity contribution in [3.05, 3.63) is 28.8 Å². The molecular weight excluding hydrogens is 369 g/mol. The molecular formula is C16H23Cl2N3O2S. The number of amides is 2. The molecule has 8 heteroatoms. The second-order valence-electron chi connectivity index (χ2n) is 5.93. The molecule has 1 aliphatic rings. The number of halogens is 2. The largest absolute Gasteiger partial charge is 0.348 e. The number of fused-ring (bicyclic) bond motifs is 1. The van der Waals surface area contributed by atoms with E-state index in [1.54, 1.807) is 11.8 Å². The molecule has 1 aromatic rings. The number of hydrogen-bond donors (Lipinski definition) is 3. The fourth-order valence-electron chi connectivity index (χ4n) is 2.35. The van der Waals surface area contributed by atoms with Crippen LogP contribution in [0.4, 0.5) is 0 Å². The third-order valence-corrected chi connectivity index (χ3v) is 5.15. The standard InChI is InChI=1S/C16H22ClN3O2S.ClH/c1-9(2)15(18)16(22)19-8-14(21)20-12-5-6-23-13-4-3-10(17)7-11(12)13;/h3-4,7,9,12,15H,5-6,8,18H2,1-2H3,(H,19,22)(H,20,21);1H/t12?,15-;/m0./s1. The van der Waals surface area contributed by atoms with Gasteiger partial charge < -0.3 is 16.4 Å². The summed E-state index contributed by atoms with van der Waals surface area (Å²) in [6.45, 7) is 3.66. The summed E-state index contributed by atoms with van der Waals surface area (Å²) >= 11 is 7.81. The van der Waals surface area contributed by atoms with Crippen molar-refractivity contribution < 1.29 is 9.59 Å². The normalized spacial score (nSPS) is 17.5. The van der Waals surface area contributed by atoms with Crippen molar-refractivity contribution >= 4 is 47.6 Å². The van der Waals surface area contributed by atoms with E-state index >= 15 is 0 Å². The van der Waals surface area contributed by atoms with Crippen molar-refractivity contribution in [2.24, 2.45) is 11.7 Å². The van der Waals surface area contributed by atoms with Crippen LogP contribution in [0.1, 0.15) is 31.9 Å². The molecule has 0 spiro atoms. The Kier molecular flexibility index (Phi) is 8.36. The third kappa shape index (κ3) is 5.55. The van der Waals surface area contributed by atoms with Gasteiger partial charge in [0.25, 0.3) is 0 Å². The van der Waals surface area contributed by atoms with E-state index in [9.17, 15) is 9.59 Å². The molecule has 1 heterocycles. The number of nitrogens with one attached hydrogen (secondary N) is 2. The Morgan fingerprint density at radius 3 is 2.79 bits per heavy atom. The van der Waals surface area contributed by atoms with Gasteiger partial charge in [0.15, 0.2) is 0 Å². The summed E-state index contributed by atoms with van der Waals surface area (Å²) in [6.07, 6.45) is 0.837. The van der Waals surface area contributed by atoms with Gasteiger partial charge >= 0.3 is 0 Å². The van der Waals surface area contributed by atoms with Gasteiger partial charge in [-0.1, -0.05) is 25.4 Å². The molecule has 134 valence electrons. The molecule has 5 nitrogen and oxygen atoms in total. The highest BCUT2D eigenvalue weighted by atomic mass is 35.5. The van der Waals surface area contributed by atoms with Crippen LogP contribution in [0.3, 0.4) is 0 Å². The molecule has 0 bridgehead atoms. The monoisotopic (exact) mass is 391 g/mol. The molecule has 0 saturated carbocycles. The van der Waals surface area contributed by atoms with Crippen molar-refractivity contribution in [3.8, 4) is 0 Å². The van der Waals surface area contributed by atoms with E-state index in [4.69, 9.17) is 17.3 Å². The van der Waals surface area contributed by atoms with E-state index in [1.807, 2.05) is 32.0 Å². The molecule has 2 amide bonds. The van der Waals surface area contributed by atoms with Gasteiger partial charge in [-0.15, -0.1) is 24.2 Å². The summed E-state index contributed by atoms with van der Waals surface area (Å²) < 4.78 is 0. The molecule has 1 aromatic carbocycles. The van der Waals surface area contributed by atoms with Crippen LogP contribution in [-0.4, -0.2) is 30.2 Å². The lowest BCUT2D eigenvalue weighted by molar-refractivity contribution is -0.127. The molecule has 0 fully saturated rings. The zero-order valence-electron chi connectivity index (χ0n) is 13.7. The van der Waals surface area contributed by atoms with Crippen LogP contribution < -0.4 is 16.4 Å². The van der Waals surface area contributed by atoms with Crippen LogP contribution >= 0.6 is 35.8 Å². The van der Waals surface area contributed by atoms with Crippen LogP contribution in [0.25, 0.3) is 0 Å². The molecule has 2 atom stereocenters. The fraction of sp³-hybridized carbons (Fsp3) is 0.500. The summed E-state index contributed by atoms with van der Waals surface area (Å²) in [6, 6.07) is 5.04. The Labute approximate surface area is 157 Å². The molecule has 0 saturated heterocycles. The highest BCUT2D eigenvalue weighted by molar-refractivity contribution is 7.99. The predicted octanol–water partition coefficient (Wildman–Crippen LogP) is 2.51. The van der Waals surface area contributed by atoms with E-state index in [1.165, 1.54) is 0 Å². The zero-order chi connectivity index (χ0) is 17.0. The molecule has 2 rings (SSSR count). The van der Waals surface area contributed by atoms with Gasteiger partial charge in [-0.3, -0.25) is 9.59 Å². The number of carbonyl (C=O) groups excluding carboxylic acids is 2. The highest BCUT2D eigenvalue weighted by Gasteiger charge is 2.23. The number of rotatable bonds is 5. The average Bonchev–Trinajstić information content (AvgIpc) is 2.52. The Morgan fingerprint density at radius 2 is 2.12 bits per heavy atom. The van der Waals surface area contributed by atoms with Gasteiger partial charge in [-0.25, -0.2) is 0 Å². The van der Waals surface area contributed by atoms with E-state index in [-0.39, 0.29) is 42.7 Å². The summed E-state index contributed by atoms with van der Waals surface area (Å²) in [5.41, 5.74) is 6.78. The van der Waals surface area contributed by atoms with Crippen molar-refractivity contribution in [1.29, 1.82) is 0 Å². The quantitative estimate of drug-likeness (QED) is 0.719. The van der Waals surface area contributed by atoms with Crippen LogP contribution in [0.15, 0.2) is 23.1 Å². The minimum atomic E-state index is -0.603. The maximum absolute atomic E-state index is 12.1. The number of carbonyl (C=O) groups is 2. The number of thioether (sulfide) groups is 1. The lowest BCUT2D eigenvalue weighted by Gasteiger charge is -2.26. The maximum atomic E-state index is 12.1. The van der Waals surface area contributed by atoms with Gasteiger partial charge in [0.05, 0.1) is 18.6 Å². The number of benzene rings is 1. The molecule has 4 N–H and O–H groups in total. The molecule has 0 aliphatic carbocycles. The second-order valence-corrected chi connectivity index (χ2v) is 7.50. The van der Waals surface area contributed by atoms with E-state index in [0.717, 1.165) is 22.6 Å².